The van der Waals surface area contributed by atoms with Gasteiger partial charge in [0, 0.05) is 16.4 Å². The molecule has 1 saturated heterocycles. The second-order valence-electron chi connectivity index (χ2n) is 5.90. The first-order valence-corrected chi connectivity index (χ1v) is 8.49. The van der Waals surface area contributed by atoms with Crippen LogP contribution in [0.2, 0.25) is 0 Å². The molecule has 1 aromatic heterocycles. The van der Waals surface area contributed by atoms with E-state index in [1.165, 1.54) is 9.75 Å². The lowest BCUT2D eigenvalue weighted by Gasteiger charge is -2.29. The van der Waals surface area contributed by atoms with Gasteiger partial charge in [-0.25, -0.2) is 0 Å². The minimum Gasteiger partial charge on any atom is -0.380 e. The zero-order valence-electron chi connectivity index (χ0n) is 13.6. The maximum atomic E-state index is 12.9. The SMILES string of the molecule is CCOCC(C)N1C(=O)C(C)(CC)NC1c1ccc(C)s1. The standard InChI is InChI=1S/C16H26N2O2S/c1-6-16(5)15(19)18(11(3)10-20-7-2)14(17-16)13-9-8-12(4)21-13/h8-9,11,14,17H,6-7,10H2,1-5H3. The fourth-order valence-corrected chi connectivity index (χ4v) is 3.65. The van der Waals surface area contributed by atoms with Gasteiger partial charge < -0.3 is 9.64 Å². The van der Waals surface area contributed by atoms with E-state index < -0.39 is 5.54 Å². The normalized spacial score (nSPS) is 27.4. The molecule has 1 N–H and O–H groups in total. The fraction of sp³-hybridized carbons (Fsp3) is 0.688. The van der Waals surface area contributed by atoms with Crippen molar-refractivity contribution in [3.05, 3.63) is 21.9 Å². The van der Waals surface area contributed by atoms with Crippen molar-refractivity contribution in [2.45, 2.75) is 58.8 Å². The number of carbonyl (C=O) groups excluding carboxylic acids is 1. The van der Waals surface area contributed by atoms with Gasteiger partial charge in [-0.15, -0.1) is 11.3 Å². The molecule has 21 heavy (non-hydrogen) atoms. The van der Waals surface area contributed by atoms with Gasteiger partial charge in [0.05, 0.1) is 18.2 Å². The van der Waals surface area contributed by atoms with Crippen molar-refractivity contribution in [2.75, 3.05) is 13.2 Å². The second-order valence-corrected chi connectivity index (χ2v) is 7.22. The van der Waals surface area contributed by atoms with Crippen LogP contribution in [-0.2, 0) is 9.53 Å². The number of thiophene rings is 1. The number of nitrogens with zero attached hydrogens (tertiary/aromatic N) is 1. The Bertz CT molecular complexity index is 502. The fourth-order valence-electron chi connectivity index (χ4n) is 2.72. The van der Waals surface area contributed by atoms with E-state index in [2.05, 4.69) is 38.2 Å². The molecule has 0 saturated carbocycles. The van der Waals surface area contributed by atoms with Gasteiger partial charge in [0.1, 0.15) is 6.17 Å². The van der Waals surface area contributed by atoms with Crippen molar-refractivity contribution < 1.29 is 9.53 Å². The van der Waals surface area contributed by atoms with Crippen molar-refractivity contribution in [3.8, 4) is 0 Å². The van der Waals surface area contributed by atoms with Crippen LogP contribution in [-0.4, -0.2) is 35.6 Å². The molecular weight excluding hydrogens is 284 g/mol. The van der Waals surface area contributed by atoms with Crippen LogP contribution in [0.3, 0.4) is 0 Å². The molecule has 0 spiro atoms. The zero-order valence-corrected chi connectivity index (χ0v) is 14.4. The third kappa shape index (κ3) is 3.15. The molecule has 0 aromatic carbocycles. The molecule has 0 radical (unpaired) electrons. The quantitative estimate of drug-likeness (QED) is 0.878. The van der Waals surface area contributed by atoms with Crippen LogP contribution < -0.4 is 5.32 Å². The summed E-state index contributed by atoms with van der Waals surface area (Å²) in [5, 5.41) is 3.54. The van der Waals surface area contributed by atoms with Crippen molar-refractivity contribution in [1.29, 1.82) is 0 Å². The van der Waals surface area contributed by atoms with E-state index in [1.54, 1.807) is 11.3 Å². The van der Waals surface area contributed by atoms with Crippen LogP contribution in [0.5, 0.6) is 0 Å². The Morgan fingerprint density at radius 2 is 2.19 bits per heavy atom. The molecule has 1 aromatic rings. The van der Waals surface area contributed by atoms with E-state index in [0.717, 1.165) is 6.42 Å². The minimum atomic E-state index is -0.483. The van der Waals surface area contributed by atoms with Gasteiger partial charge in [-0.1, -0.05) is 6.92 Å². The molecule has 4 nitrogen and oxygen atoms in total. The van der Waals surface area contributed by atoms with Gasteiger partial charge in [0.2, 0.25) is 5.91 Å². The van der Waals surface area contributed by atoms with Crippen LogP contribution in [0.15, 0.2) is 12.1 Å². The summed E-state index contributed by atoms with van der Waals surface area (Å²) in [5.41, 5.74) is -0.483. The summed E-state index contributed by atoms with van der Waals surface area (Å²) >= 11 is 1.75. The maximum absolute atomic E-state index is 12.9. The average molecular weight is 310 g/mol. The van der Waals surface area contributed by atoms with Crippen molar-refractivity contribution in [2.24, 2.45) is 0 Å². The summed E-state index contributed by atoms with van der Waals surface area (Å²) in [4.78, 5) is 17.3. The maximum Gasteiger partial charge on any atom is 0.244 e. The highest BCUT2D eigenvalue weighted by atomic mass is 32.1. The lowest BCUT2D eigenvalue weighted by molar-refractivity contribution is -0.136. The Morgan fingerprint density at radius 3 is 2.71 bits per heavy atom. The minimum absolute atomic E-state index is 0.0448. The highest BCUT2D eigenvalue weighted by molar-refractivity contribution is 7.12. The molecule has 2 rings (SSSR count). The summed E-state index contributed by atoms with van der Waals surface area (Å²) in [6.45, 7) is 11.4. The van der Waals surface area contributed by atoms with Gasteiger partial charge in [-0.05, 0) is 46.2 Å². The first kappa shape index (κ1) is 16.5. The van der Waals surface area contributed by atoms with Crippen LogP contribution >= 0.6 is 11.3 Å². The molecule has 1 amide bonds. The molecule has 2 heterocycles. The molecule has 1 fully saturated rings. The highest BCUT2D eigenvalue weighted by Gasteiger charge is 2.49. The van der Waals surface area contributed by atoms with E-state index >= 15 is 0 Å². The molecule has 3 unspecified atom stereocenters. The summed E-state index contributed by atoms with van der Waals surface area (Å²) in [6, 6.07) is 4.29. The summed E-state index contributed by atoms with van der Waals surface area (Å²) in [5.74, 6) is 0.174. The van der Waals surface area contributed by atoms with Crippen molar-refractivity contribution >= 4 is 17.2 Å². The van der Waals surface area contributed by atoms with E-state index in [9.17, 15) is 4.79 Å². The predicted octanol–water partition coefficient (Wildman–Crippen LogP) is 3.08. The molecular formula is C16H26N2O2S. The number of ether oxygens (including phenoxy) is 1. The zero-order chi connectivity index (χ0) is 15.6. The lowest BCUT2D eigenvalue weighted by Crippen LogP contribution is -2.45. The van der Waals surface area contributed by atoms with E-state index in [-0.39, 0.29) is 18.1 Å². The number of hydrogen-bond acceptors (Lipinski definition) is 4. The van der Waals surface area contributed by atoms with Crippen LogP contribution in [0.1, 0.15) is 50.0 Å². The Kier molecular flexibility index (Phi) is 5.07. The Hall–Kier alpha value is -0.910. The van der Waals surface area contributed by atoms with E-state index in [4.69, 9.17) is 4.74 Å². The molecule has 0 bridgehead atoms. The van der Waals surface area contributed by atoms with Crippen LogP contribution in [0.25, 0.3) is 0 Å². The molecule has 1 aliphatic heterocycles. The number of rotatable bonds is 6. The lowest BCUT2D eigenvalue weighted by atomic mass is 9.99. The summed E-state index contributed by atoms with van der Waals surface area (Å²) in [6.07, 6.45) is 0.737. The molecule has 1 aliphatic rings. The van der Waals surface area contributed by atoms with Gasteiger partial charge in [0.15, 0.2) is 0 Å². The van der Waals surface area contributed by atoms with E-state index in [1.807, 2.05) is 18.7 Å². The first-order chi connectivity index (χ1) is 9.92. The van der Waals surface area contributed by atoms with E-state index in [0.29, 0.717) is 13.2 Å². The summed E-state index contributed by atoms with van der Waals surface area (Å²) in [7, 11) is 0. The third-order valence-corrected chi connectivity index (χ3v) is 5.27. The Labute approximate surface area is 131 Å². The number of carbonyl (C=O) groups is 1. The van der Waals surface area contributed by atoms with Gasteiger partial charge >= 0.3 is 0 Å². The van der Waals surface area contributed by atoms with Gasteiger partial charge in [-0.3, -0.25) is 10.1 Å². The highest BCUT2D eigenvalue weighted by Crippen LogP contribution is 2.36. The van der Waals surface area contributed by atoms with Gasteiger partial charge in [-0.2, -0.15) is 0 Å². The van der Waals surface area contributed by atoms with Crippen molar-refractivity contribution in [3.63, 3.8) is 0 Å². The molecule has 5 heteroatoms. The van der Waals surface area contributed by atoms with Crippen LogP contribution in [0.4, 0.5) is 0 Å². The van der Waals surface area contributed by atoms with Crippen molar-refractivity contribution in [1.82, 2.24) is 10.2 Å². The molecule has 118 valence electrons. The first-order valence-electron chi connectivity index (χ1n) is 7.67. The number of amides is 1. The largest absolute Gasteiger partial charge is 0.380 e. The molecule has 3 atom stereocenters. The number of nitrogens with one attached hydrogen (secondary N) is 1. The average Bonchev–Trinajstić information content (AvgIpc) is 3.00. The molecule has 0 aliphatic carbocycles. The van der Waals surface area contributed by atoms with Gasteiger partial charge in [0.25, 0.3) is 0 Å². The predicted molar refractivity (Wildman–Crippen MR) is 86.4 cm³/mol. The smallest absolute Gasteiger partial charge is 0.244 e. The van der Waals surface area contributed by atoms with Crippen LogP contribution in [0, 0.1) is 6.92 Å². The monoisotopic (exact) mass is 310 g/mol. The third-order valence-electron chi connectivity index (χ3n) is 4.22. The second kappa shape index (κ2) is 6.46. The number of aryl methyl sites for hydroxylation is 1. The Balaban J connectivity index is 2.29. The topological polar surface area (TPSA) is 41.6 Å². The summed E-state index contributed by atoms with van der Waals surface area (Å²) < 4.78 is 5.53. The Morgan fingerprint density at radius 1 is 1.48 bits per heavy atom. The number of hydrogen-bond donors (Lipinski definition) is 1.